The Bertz CT molecular complexity index is 259. The van der Waals surface area contributed by atoms with Gasteiger partial charge in [-0.25, -0.2) is 0 Å². The monoisotopic (exact) mass is 274 g/mol. The molecule has 112 valence electrons. The van der Waals surface area contributed by atoms with Gasteiger partial charge in [0.2, 0.25) is 0 Å². The molecule has 0 aromatic carbocycles. The van der Waals surface area contributed by atoms with Crippen LogP contribution < -0.4 is 0 Å². The lowest BCUT2D eigenvalue weighted by molar-refractivity contribution is -0.953. The Labute approximate surface area is 116 Å². The largest absolute Gasteiger partial charge is 0.378 e. The molecule has 2 aliphatic heterocycles. The molecule has 19 heavy (non-hydrogen) atoms. The number of nitrogens with zero attached hydrogens (tertiary/aromatic N) is 1. The van der Waals surface area contributed by atoms with Crippen LogP contribution in [0.5, 0.6) is 0 Å². The lowest BCUT2D eigenvalue weighted by atomic mass is 10.1. The zero-order valence-electron chi connectivity index (χ0n) is 12.6. The summed E-state index contributed by atoms with van der Waals surface area (Å²) in [5, 5.41) is 0. The maximum absolute atomic E-state index is 5.77. The lowest BCUT2D eigenvalue weighted by Crippen LogP contribution is -2.59. The van der Waals surface area contributed by atoms with Crippen molar-refractivity contribution in [2.24, 2.45) is 0 Å². The highest BCUT2D eigenvalue weighted by molar-refractivity contribution is 4.95. The third-order valence-electron chi connectivity index (χ3n) is 5.02. The summed E-state index contributed by atoms with van der Waals surface area (Å²) in [6, 6.07) is 0.699. The van der Waals surface area contributed by atoms with Crippen molar-refractivity contribution in [3.63, 3.8) is 0 Å². The predicted octanol–water partition coefficient (Wildman–Crippen LogP) is 0.671. The van der Waals surface area contributed by atoms with E-state index in [1.54, 1.807) is 28.4 Å². The second kappa shape index (κ2) is 6.50. The fourth-order valence-electron chi connectivity index (χ4n) is 4.27. The second-order valence-electron chi connectivity index (χ2n) is 5.70. The normalized spacial score (nSPS) is 37.3. The van der Waals surface area contributed by atoms with Crippen LogP contribution in [-0.4, -0.2) is 83.5 Å². The molecule has 1 spiro atoms. The maximum Gasteiger partial charge on any atom is 0.143 e. The van der Waals surface area contributed by atoms with Crippen LogP contribution in [-0.2, 0) is 18.9 Å². The van der Waals surface area contributed by atoms with Crippen LogP contribution in [0.3, 0.4) is 0 Å². The van der Waals surface area contributed by atoms with Crippen molar-refractivity contribution in [3.8, 4) is 0 Å². The summed E-state index contributed by atoms with van der Waals surface area (Å²) in [6.45, 7) is 3.81. The van der Waals surface area contributed by atoms with Gasteiger partial charge >= 0.3 is 0 Å². The number of hydrogen-bond acceptors (Lipinski definition) is 4. The van der Waals surface area contributed by atoms with Gasteiger partial charge in [0, 0.05) is 41.3 Å². The van der Waals surface area contributed by atoms with Crippen LogP contribution in [0.25, 0.3) is 0 Å². The predicted molar refractivity (Wildman–Crippen MR) is 72.2 cm³/mol. The minimum atomic E-state index is 0.0863. The molecule has 2 saturated heterocycles. The van der Waals surface area contributed by atoms with E-state index >= 15 is 0 Å². The molecule has 0 N–H and O–H groups in total. The molecule has 0 radical (unpaired) electrons. The van der Waals surface area contributed by atoms with Crippen molar-refractivity contribution in [1.82, 2.24) is 0 Å². The van der Waals surface area contributed by atoms with Crippen LogP contribution >= 0.6 is 0 Å². The number of rotatable bonds is 6. The summed E-state index contributed by atoms with van der Waals surface area (Å²) < 4.78 is 23.5. The quantitative estimate of drug-likeness (QED) is 0.667. The van der Waals surface area contributed by atoms with Gasteiger partial charge in [0.25, 0.3) is 0 Å². The number of methoxy groups -OCH3 is 4. The van der Waals surface area contributed by atoms with E-state index in [2.05, 4.69) is 0 Å². The highest BCUT2D eigenvalue weighted by Crippen LogP contribution is 2.40. The molecule has 0 saturated carbocycles. The summed E-state index contributed by atoms with van der Waals surface area (Å²) in [4.78, 5) is 0. The van der Waals surface area contributed by atoms with Gasteiger partial charge in [-0.2, -0.15) is 0 Å². The Morgan fingerprint density at radius 2 is 1.21 bits per heavy atom. The topological polar surface area (TPSA) is 36.9 Å². The Kier molecular flexibility index (Phi) is 5.20. The molecule has 0 aromatic heterocycles. The van der Waals surface area contributed by atoms with Crippen LogP contribution in [0.2, 0.25) is 0 Å². The zero-order chi connectivity index (χ0) is 13.9. The van der Waals surface area contributed by atoms with Gasteiger partial charge in [-0.15, -0.1) is 0 Å². The Hall–Kier alpha value is -0.200. The minimum absolute atomic E-state index is 0.0863. The first-order chi connectivity index (χ1) is 9.25. The van der Waals surface area contributed by atoms with E-state index in [0.717, 1.165) is 17.7 Å². The zero-order valence-corrected chi connectivity index (χ0v) is 12.6. The molecule has 2 heterocycles. The number of ether oxygens (including phenoxy) is 4. The summed E-state index contributed by atoms with van der Waals surface area (Å²) in [7, 11) is 7.09. The Morgan fingerprint density at radius 3 is 1.53 bits per heavy atom. The first-order valence-corrected chi connectivity index (χ1v) is 7.15. The number of quaternary nitrogens is 1. The molecule has 0 amide bonds. The van der Waals surface area contributed by atoms with Gasteiger partial charge in [-0.05, 0) is 0 Å². The van der Waals surface area contributed by atoms with E-state index in [1.165, 1.54) is 25.9 Å². The molecular weight excluding hydrogens is 246 g/mol. The van der Waals surface area contributed by atoms with Crippen molar-refractivity contribution in [2.45, 2.75) is 37.1 Å². The molecular formula is C14H28NO4+. The molecule has 2 rings (SSSR count). The summed E-state index contributed by atoms with van der Waals surface area (Å²) >= 11 is 0. The van der Waals surface area contributed by atoms with Crippen molar-refractivity contribution < 1.29 is 23.4 Å². The Morgan fingerprint density at radius 1 is 0.789 bits per heavy atom. The van der Waals surface area contributed by atoms with Gasteiger partial charge in [0.05, 0.1) is 13.1 Å². The van der Waals surface area contributed by atoms with Gasteiger partial charge in [-0.3, -0.25) is 0 Å². The molecule has 0 unspecified atom stereocenters. The third-order valence-corrected chi connectivity index (χ3v) is 5.02. The van der Waals surface area contributed by atoms with Crippen LogP contribution in [0.1, 0.15) is 12.8 Å². The fourth-order valence-corrected chi connectivity index (χ4v) is 4.27. The van der Waals surface area contributed by atoms with Crippen LogP contribution in [0, 0.1) is 0 Å². The van der Waals surface area contributed by atoms with Crippen molar-refractivity contribution in [2.75, 3.05) is 54.7 Å². The van der Waals surface area contributed by atoms with E-state index < -0.39 is 0 Å². The van der Waals surface area contributed by atoms with Crippen molar-refractivity contribution >= 4 is 0 Å². The van der Waals surface area contributed by atoms with Gasteiger partial charge in [0.1, 0.15) is 37.5 Å². The second-order valence-corrected chi connectivity index (χ2v) is 5.70. The molecule has 4 atom stereocenters. The van der Waals surface area contributed by atoms with E-state index in [-0.39, 0.29) is 12.2 Å². The molecule has 2 aliphatic rings. The van der Waals surface area contributed by atoms with Crippen molar-refractivity contribution in [1.29, 1.82) is 0 Å². The molecule has 0 aromatic rings. The highest BCUT2D eigenvalue weighted by atomic mass is 16.5. The first kappa shape index (κ1) is 15.2. The minimum Gasteiger partial charge on any atom is -0.378 e. The first-order valence-electron chi connectivity index (χ1n) is 7.15. The lowest BCUT2D eigenvalue weighted by Gasteiger charge is -2.41. The molecule has 2 fully saturated rings. The number of hydrogen-bond donors (Lipinski definition) is 0. The van der Waals surface area contributed by atoms with E-state index in [4.69, 9.17) is 18.9 Å². The average Bonchev–Trinajstić information content (AvgIpc) is 2.99. The maximum atomic E-state index is 5.77. The Balaban J connectivity index is 2.32. The van der Waals surface area contributed by atoms with Gasteiger partial charge in [0.15, 0.2) is 0 Å². The summed E-state index contributed by atoms with van der Waals surface area (Å²) in [5.74, 6) is 0. The highest BCUT2D eigenvalue weighted by Gasteiger charge is 2.62. The van der Waals surface area contributed by atoms with E-state index in [9.17, 15) is 0 Å². The molecule has 0 aliphatic carbocycles. The summed E-state index contributed by atoms with van der Waals surface area (Å²) in [6.07, 6.45) is 2.71. The average molecular weight is 274 g/mol. The SMILES string of the molecule is COC[C@H]1[C@@H](OC)[C@H](OC)[C@H](COC)[N+]12CCCC2. The van der Waals surface area contributed by atoms with Gasteiger partial charge in [-0.1, -0.05) is 0 Å². The van der Waals surface area contributed by atoms with E-state index in [0.29, 0.717) is 12.1 Å². The molecule has 0 bridgehead atoms. The van der Waals surface area contributed by atoms with Crippen LogP contribution in [0.15, 0.2) is 0 Å². The molecule has 5 heteroatoms. The smallest absolute Gasteiger partial charge is 0.143 e. The van der Waals surface area contributed by atoms with E-state index in [1.807, 2.05) is 0 Å². The molecule has 5 nitrogen and oxygen atoms in total. The standard InChI is InChI=1S/C14H28NO4/c1-16-9-11-13(18-3)14(19-4)12(10-17-2)15(11)7-5-6-8-15/h11-14H,5-10H2,1-4H3/q+1/t11-,12-,13+,14+/m0/s1. The van der Waals surface area contributed by atoms with Crippen molar-refractivity contribution in [3.05, 3.63) is 0 Å². The fraction of sp³-hybridized carbons (Fsp3) is 1.00. The summed E-state index contributed by atoms with van der Waals surface area (Å²) in [5.41, 5.74) is 0. The van der Waals surface area contributed by atoms with Gasteiger partial charge < -0.3 is 23.4 Å². The van der Waals surface area contributed by atoms with Crippen LogP contribution in [0.4, 0.5) is 0 Å². The third kappa shape index (κ3) is 2.43.